The summed E-state index contributed by atoms with van der Waals surface area (Å²) in [4.78, 5) is 28.2. The molecule has 0 bridgehead atoms. The number of carbonyl (C=O) groups is 2. The number of aromatic nitrogens is 1. The van der Waals surface area contributed by atoms with Crippen LogP contribution in [0.1, 0.15) is 5.69 Å². The number of thioether (sulfide) groups is 1. The molecule has 1 aromatic carbocycles. The average molecular weight is 350 g/mol. The molecule has 1 aromatic heterocycles. The van der Waals surface area contributed by atoms with Crippen molar-refractivity contribution in [1.29, 1.82) is 0 Å². The Bertz CT molecular complexity index is 732. The van der Waals surface area contributed by atoms with Crippen LogP contribution in [0.25, 0.3) is 0 Å². The van der Waals surface area contributed by atoms with Gasteiger partial charge < -0.3 is 9.47 Å². The SMILES string of the molecule is Cc1csc(SCC(=O)NC(=O)[C@H]2COc3ccccc3O2)n1. The normalized spacial score (nSPS) is 16.0. The van der Waals surface area contributed by atoms with E-state index in [1.165, 1.54) is 23.1 Å². The Labute approximate surface area is 141 Å². The molecule has 2 aromatic rings. The molecular weight excluding hydrogens is 336 g/mol. The number of imide groups is 1. The third-order valence-electron chi connectivity index (χ3n) is 2.99. The molecule has 1 aliphatic rings. The van der Waals surface area contributed by atoms with E-state index in [-0.39, 0.29) is 18.3 Å². The van der Waals surface area contributed by atoms with Crippen molar-refractivity contribution in [1.82, 2.24) is 10.3 Å². The van der Waals surface area contributed by atoms with Crippen LogP contribution >= 0.6 is 23.1 Å². The fourth-order valence-electron chi connectivity index (χ4n) is 1.93. The van der Waals surface area contributed by atoms with Gasteiger partial charge in [0.05, 0.1) is 5.75 Å². The monoisotopic (exact) mass is 350 g/mol. The van der Waals surface area contributed by atoms with Gasteiger partial charge in [-0.25, -0.2) is 4.98 Å². The zero-order valence-electron chi connectivity index (χ0n) is 12.3. The first-order chi connectivity index (χ1) is 11.1. The van der Waals surface area contributed by atoms with E-state index < -0.39 is 12.0 Å². The molecule has 1 atom stereocenters. The van der Waals surface area contributed by atoms with Crippen LogP contribution < -0.4 is 14.8 Å². The van der Waals surface area contributed by atoms with Gasteiger partial charge in [0.15, 0.2) is 15.8 Å². The highest BCUT2D eigenvalue weighted by Gasteiger charge is 2.28. The molecule has 0 spiro atoms. The number of hydrogen-bond acceptors (Lipinski definition) is 7. The Morgan fingerprint density at radius 3 is 2.91 bits per heavy atom. The molecule has 8 heteroatoms. The zero-order valence-corrected chi connectivity index (χ0v) is 13.9. The number of para-hydroxylation sites is 2. The highest BCUT2D eigenvalue weighted by atomic mass is 32.2. The van der Waals surface area contributed by atoms with E-state index in [9.17, 15) is 9.59 Å². The smallest absolute Gasteiger partial charge is 0.271 e. The number of ether oxygens (including phenoxy) is 2. The van der Waals surface area contributed by atoms with Crippen LogP contribution in [-0.2, 0) is 9.59 Å². The number of nitrogens with zero attached hydrogens (tertiary/aromatic N) is 1. The molecule has 2 heterocycles. The number of thiazole rings is 1. The van der Waals surface area contributed by atoms with E-state index in [2.05, 4.69) is 10.3 Å². The Morgan fingerprint density at radius 1 is 1.39 bits per heavy atom. The van der Waals surface area contributed by atoms with Crippen molar-refractivity contribution in [3.63, 3.8) is 0 Å². The van der Waals surface area contributed by atoms with Crippen LogP contribution in [0.4, 0.5) is 0 Å². The van der Waals surface area contributed by atoms with E-state index in [0.717, 1.165) is 10.0 Å². The van der Waals surface area contributed by atoms with Crippen LogP contribution in [-0.4, -0.2) is 35.3 Å². The minimum atomic E-state index is -0.832. The number of fused-ring (bicyclic) bond motifs is 1. The van der Waals surface area contributed by atoms with Gasteiger partial charge in [-0.2, -0.15) is 0 Å². The Balaban J connectivity index is 1.50. The fourth-order valence-corrected chi connectivity index (χ4v) is 3.58. The largest absolute Gasteiger partial charge is 0.485 e. The lowest BCUT2D eigenvalue weighted by Crippen LogP contribution is -2.46. The topological polar surface area (TPSA) is 77.5 Å². The predicted octanol–water partition coefficient (Wildman–Crippen LogP) is 2.03. The predicted molar refractivity (Wildman–Crippen MR) is 87.1 cm³/mol. The summed E-state index contributed by atoms with van der Waals surface area (Å²) < 4.78 is 11.8. The van der Waals surface area contributed by atoms with E-state index in [1.807, 2.05) is 18.4 Å². The van der Waals surface area contributed by atoms with Gasteiger partial charge in [-0.1, -0.05) is 23.9 Å². The van der Waals surface area contributed by atoms with Gasteiger partial charge in [0.2, 0.25) is 12.0 Å². The van der Waals surface area contributed by atoms with Crippen molar-refractivity contribution in [2.24, 2.45) is 0 Å². The highest BCUT2D eigenvalue weighted by Crippen LogP contribution is 2.30. The summed E-state index contributed by atoms with van der Waals surface area (Å²) in [7, 11) is 0. The van der Waals surface area contributed by atoms with E-state index >= 15 is 0 Å². The molecule has 1 aliphatic heterocycles. The second kappa shape index (κ2) is 7.01. The van der Waals surface area contributed by atoms with Gasteiger partial charge >= 0.3 is 0 Å². The third kappa shape index (κ3) is 4.02. The molecule has 0 radical (unpaired) electrons. The summed E-state index contributed by atoms with van der Waals surface area (Å²) in [6.45, 7) is 1.97. The van der Waals surface area contributed by atoms with Gasteiger partial charge in [0.25, 0.3) is 5.91 Å². The van der Waals surface area contributed by atoms with Crippen molar-refractivity contribution in [2.75, 3.05) is 12.4 Å². The van der Waals surface area contributed by atoms with Crippen molar-refractivity contribution in [2.45, 2.75) is 17.4 Å². The third-order valence-corrected chi connectivity index (χ3v) is 5.13. The van der Waals surface area contributed by atoms with E-state index in [0.29, 0.717) is 11.5 Å². The lowest BCUT2D eigenvalue weighted by atomic mass is 10.2. The minimum Gasteiger partial charge on any atom is -0.485 e. The summed E-state index contributed by atoms with van der Waals surface area (Å²) in [6, 6.07) is 7.10. The summed E-state index contributed by atoms with van der Waals surface area (Å²) in [5.41, 5.74) is 0.917. The van der Waals surface area contributed by atoms with Gasteiger partial charge in [-0.15, -0.1) is 11.3 Å². The van der Waals surface area contributed by atoms with Crippen LogP contribution in [0.15, 0.2) is 34.0 Å². The Morgan fingerprint density at radius 2 is 2.17 bits per heavy atom. The summed E-state index contributed by atoms with van der Waals surface area (Å²) in [5.74, 6) is 0.343. The molecule has 1 N–H and O–H groups in total. The average Bonchev–Trinajstić information content (AvgIpc) is 2.98. The van der Waals surface area contributed by atoms with Crippen molar-refractivity contribution in [3.05, 3.63) is 35.3 Å². The maximum atomic E-state index is 12.1. The highest BCUT2D eigenvalue weighted by molar-refractivity contribution is 8.01. The van der Waals surface area contributed by atoms with E-state index in [4.69, 9.17) is 9.47 Å². The number of carbonyl (C=O) groups excluding carboxylic acids is 2. The fraction of sp³-hybridized carbons (Fsp3) is 0.267. The molecule has 23 heavy (non-hydrogen) atoms. The second-order valence-corrected chi connectivity index (χ2v) is 6.90. The Hall–Kier alpha value is -2.06. The molecule has 3 rings (SSSR count). The van der Waals surface area contributed by atoms with Crippen LogP contribution in [0, 0.1) is 6.92 Å². The standard InChI is InChI=1S/C15H14N2O4S2/c1-9-7-22-15(16-9)23-8-13(18)17-14(19)12-6-20-10-4-2-3-5-11(10)21-12/h2-5,7,12H,6,8H2,1H3,(H,17,18,19)/t12-/m1/s1. The molecule has 0 unspecified atom stereocenters. The molecular formula is C15H14N2O4S2. The zero-order chi connectivity index (χ0) is 16.2. The molecule has 0 saturated carbocycles. The molecule has 0 fully saturated rings. The van der Waals surface area contributed by atoms with Crippen molar-refractivity contribution < 1.29 is 19.1 Å². The van der Waals surface area contributed by atoms with Crippen LogP contribution in [0.3, 0.4) is 0 Å². The van der Waals surface area contributed by atoms with Gasteiger partial charge in [0, 0.05) is 11.1 Å². The molecule has 6 nitrogen and oxygen atoms in total. The Kier molecular flexibility index (Phi) is 4.82. The van der Waals surface area contributed by atoms with Crippen molar-refractivity contribution in [3.8, 4) is 11.5 Å². The molecule has 0 saturated heterocycles. The van der Waals surface area contributed by atoms with Gasteiger partial charge in [0.1, 0.15) is 6.61 Å². The second-order valence-electron chi connectivity index (χ2n) is 4.82. The number of nitrogens with one attached hydrogen (secondary N) is 1. The lowest BCUT2D eigenvalue weighted by molar-refractivity contribution is -0.135. The number of aryl methyl sites for hydroxylation is 1. The summed E-state index contributed by atoms with van der Waals surface area (Å²) in [5, 5.41) is 4.24. The first-order valence-electron chi connectivity index (χ1n) is 6.89. The van der Waals surface area contributed by atoms with Crippen LogP contribution in [0.5, 0.6) is 11.5 Å². The first kappa shape index (κ1) is 15.8. The summed E-state index contributed by atoms with van der Waals surface area (Å²) >= 11 is 2.77. The van der Waals surface area contributed by atoms with E-state index in [1.54, 1.807) is 18.2 Å². The maximum Gasteiger partial charge on any atom is 0.271 e. The number of rotatable bonds is 4. The lowest BCUT2D eigenvalue weighted by Gasteiger charge is -2.25. The maximum absolute atomic E-state index is 12.1. The van der Waals surface area contributed by atoms with Crippen LogP contribution in [0.2, 0.25) is 0 Å². The van der Waals surface area contributed by atoms with Crippen molar-refractivity contribution >= 4 is 34.9 Å². The number of benzene rings is 1. The number of amides is 2. The number of hydrogen-bond donors (Lipinski definition) is 1. The molecule has 2 amide bonds. The van der Waals surface area contributed by atoms with Gasteiger partial charge in [-0.3, -0.25) is 14.9 Å². The molecule has 120 valence electrons. The summed E-state index contributed by atoms with van der Waals surface area (Å²) in [6.07, 6.45) is -0.832. The molecule has 0 aliphatic carbocycles. The first-order valence-corrected chi connectivity index (χ1v) is 8.75. The quantitative estimate of drug-likeness (QED) is 0.850. The van der Waals surface area contributed by atoms with Gasteiger partial charge in [-0.05, 0) is 19.1 Å². The minimum absolute atomic E-state index is 0.0783.